The molecule has 0 saturated heterocycles. The summed E-state index contributed by atoms with van der Waals surface area (Å²) < 4.78 is 35.4. The number of benzene rings is 4. The average molecular weight is 648 g/mol. The Morgan fingerprint density at radius 3 is 2.20 bits per heavy atom. The summed E-state index contributed by atoms with van der Waals surface area (Å²) in [7, 11) is -4.25. The number of sulfonamides is 1. The molecule has 236 valence electrons. The molecule has 1 atom stereocenters. The van der Waals surface area contributed by atoms with Crippen molar-refractivity contribution in [1.82, 2.24) is 10.2 Å². The lowest BCUT2D eigenvalue weighted by atomic mass is 10.0. The van der Waals surface area contributed by atoms with Crippen LogP contribution in [0.3, 0.4) is 0 Å². The first-order valence-corrected chi connectivity index (χ1v) is 16.6. The number of nitrogens with zero attached hydrogens (tertiary/aromatic N) is 2. The zero-order valence-corrected chi connectivity index (χ0v) is 27.2. The van der Waals surface area contributed by atoms with Gasteiger partial charge in [-0.05, 0) is 68.3 Å². The molecular formula is C35H38ClN3O5S. The highest BCUT2D eigenvalue weighted by molar-refractivity contribution is 7.92. The van der Waals surface area contributed by atoms with Crippen LogP contribution >= 0.6 is 11.6 Å². The van der Waals surface area contributed by atoms with Crippen molar-refractivity contribution in [1.29, 1.82) is 0 Å². The average Bonchev–Trinajstić information content (AvgIpc) is 3.03. The van der Waals surface area contributed by atoms with Gasteiger partial charge in [-0.2, -0.15) is 0 Å². The number of halogens is 1. The second kappa shape index (κ2) is 15.6. The van der Waals surface area contributed by atoms with Crippen molar-refractivity contribution in [3.63, 3.8) is 0 Å². The van der Waals surface area contributed by atoms with Gasteiger partial charge < -0.3 is 15.0 Å². The maximum atomic E-state index is 14.5. The van der Waals surface area contributed by atoms with Gasteiger partial charge in [-0.3, -0.25) is 13.9 Å². The smallest absolute Gasteiger partial charge is 0.264 e. The topological polar surface area (TPSA) is 96.0 Å². The quantitative estimate of drug-likeness (QED) is 0.181. The molecule has 0 aliphatic heterocycles. The minimum Gasteiger partial charge on any atom is -0.492 e. The largest absolute Gasteiger partial charge is 0.492 e. The predicted molar refractivity (Wildman–Crippen MR) is 178 cm³/mol. The first-order chi connectivity index (χ1) is 21.6. The summed E-state index contributed by atoms with van der Waals surface area (Å²) in [4.78, 5) is 29.6. The Kier molecular flexibility index (Phi) is 11.6. The molecule has 4 aromatic rings. The molecular weight excluding hydrogens is 610 g/mol. The van der Waals surface area contributed by atoms with Crippen LogP contribution in [0, 0.1) is 6.92 Å². The summed E-state index contributed by atoms with van der Waals surface area (Å²) in [6.07, 6.45) is 0.221. The Labute approximate surface area is 270 Å². The molecule has 10 heteroatoms. The third-order valence-electron chi connectivity index (χ3n) is 7.19. The molecule has 0 aliphatic carbocycles. The fraction of sp³-hybridized carbons (Fsp3) is 0.257. The highest BCUT2D eigenvalue weighted by Gasteiger charge is 2.35. The van der Waals surface area contributed by atoms with E-state index in [0.29, 0.717) is 29.5 Å². The van der Waals surface area contributed by atoms with Crippen LogP contribution in [-0.2, 0) is 32.6 Å². The van der Waals surface area contributed by atoms with Crippen molar-refractivity contribution in [2.24, 2.45) is 0 Å². The van der Waals surface area contributed by atoms with E-state index in [4.69, 9.17) is 16.3 Å². The number of nitrogens with one attached hydrogen (secondary N) is 1. The zero-order valence-electron chi connectivity index (χ0n) is 25.6. The van der Waals surface area contributed by atoms with Crippen molar-refractivity contribution < 1.29 is 22.7 Å². The number of hydrogen-bond acceptors (Lipinski definition) is 5. The van der Waals surface area contributed by atoms with Gasteiger partial charge in [0.05, 0.1) is 17.2 Å². The number of carbonyl (C=O) groups excluding carboxylic acids is 2. The van der Waals surface area contributed by atoms with E-state index in [1.54, 1.807) is 68.4 Å². The molecule has 0 unspecified atom stereocenters. The fourth-order valence-electron chi connectivity index (χ4n) is 4.97. The lowest BCUT2D eigenvalue weighted by molar-refractivity contribution is -0.140. The molecule has 0 fully saturated rings. The van der Waals surface area contributed by atoms with Gasteiger partial charge in [-0.15, -0.1) is 0 Å². The van der Waals surface area contributed by atoms with Gasteiger partial charge in [-0.25, -0.2) is 8.42 Å². The van der Waals surface area contributed by atoms with Crippen LogP contribution in [0.4, 0.5) is 5.69 Å². The minimum atomic E-state index is -4.25. The number of amides is 2. The van der Waals surface area contributed by atoms with E-state index >= 15 is 0 Å². The predicted octanol–water partition coefficient (Wildman–Crippen LogP) is 6.02. The minimum absolute atomic E-state index is 0.0261. The first kappa shape index (κ1) is 33.6. The van der Waals surface area contributed by atoms with Gasteiger partial charge in [0.2, 0.25) is 11.8 Å². The van der Waals surface area contributed by atoms with E-state index in [-0.39, 0.29) is 29.5 Å². The van der Waals surface area contributed by atoms with Gasteiger partial charge >= 0.3 is 0 Å². The van der Waals surface area contributed by atoms with E-state index in [9.17, 15) is 18.0 Å². The van der Waals surface area contributed by atoms with Gasteiger partial charge in [0, 0.05) is 24.5 Å². The lowest BCUT2D eigenvalue weighted by Gasteiger charge is -2.34. The van der Waals surface area contributed by atoms with Gasteiger partial charge in [0.25, 0.3) is 10.0 Å². The molecule has 4 aromatic carbocycles. The van der Waals surface area contributed by atoms with Crippen molar-refractivity contribution in [3.05, 3.63) is 125 Å². The van der Waals surface area contributed by atoms with Crippen LogP contribution in [0.2, 0.25) is 5.02 Å². The molecule has 0 aliphatic rings. The maximum absolute atomic E-state index is 14.5. The number of hydrogen-bond donors (Lipinski definition) is 1. The highest BCUT2D eigenvalue weighted by atomic mass is 35.5. The fourth-order valence-corrected chi connectivity index (χ4v) is 6.61. The van der Waals surface area contributed by atoms with Crippen LogP contribution < -0.4 is 14.4 Å². The van der Waals surface area contributed by atoms with Crippen LogP contribution in [0.15, 0.2) is 108 Å². The lowest BCUT2D eigenvalue weighted by Crippen LogP contribution is -2.53. The number of para-hydroxylation sites is 2. The Morgan fingerprint density at radius 2 is 1.53 bits per heavy atom. The van der Waals surface area contributed by atoms with Gasteiger partial charge in [-0.1, -0.05) is 83.9 Å². The van der Waals surface area contributed by atoms with E-state index in [2.05, 4.69) is 5.32 Å². The Hall–Kier alpha value is -4.34. The van der Waals surface area contributed by atoms with Gasteiger partial charge in [0.1, 0.15) is 18.3 Å². The first-order valence-electron chi connectivity index (χ1n) is 14.8. The molecule has 4 rings (SSSR count). The van der Waals surface area contributed by atoms with Crippen molar-refractivity contribution >= 4 is 39.1 Å². The van der Waals surface area contributed by atoms with E-state index in [1.165, 1.54) is 17.0 Å². The summed E-state index contributed by atoms with van der Waals surface area (Å²) in [5, 5.41) is 3.34. The summed E-state index contributed by atoms with van der Waals surface area (Å²) in [5.74, 6) is -0.599. The normalized spacial score (nSPS) is 11.8. The molecule has 0 aromatic heterocycles. The zero-order chi connectivity index (χ0) is 32.4. The standard InChI is InChI=1S/C35H38ClN3O5S/c1-4-37-35(41)32(23-27-12-7-6-8-13-27)38(24-28-14-11-15-29(36)22-28)34(40)25-39(31-16-9-10-17-33(31)44-5-2)45(42,43)30-20-18-26(3)19-21-30/h6-22,32H,4-5,23-25H2,1-3H3,(H,37,41)/t32-/m1/s1. The third-order valence-corrected chi connectivity index (χ3v) is 9.19. The summed E-state index contributed by atoms with van der Waals surface area (Å²) in [5.41, 5.74) is 2.66. The molecule has 2 amide bonds. The second-order valence-electron chi connectivity index (χ2n) is 10.5. The number of aryl methyl sites for hydroxylation is 1. The van der Waals surface area contributed by atoms with Gasteiger partial charge in [0.15, 0.2) is 0 Å². The molecule has 1 N–H and O–H groups in total. The number of anilines is 1. The maximum Gasteiger partial charge on any atom is 0.264 e. The molecule has 45 heavy (non-hydrogen) atoms. The van der Waals surface area contributed by atoms with Crippen molar-refractivity contribution in [3.8, 4) is 5.75 Å². The molecule has 8 nitrogen and oxygen atoms in total. The molecule has 0 spiro atoms. The summed E-state index contributed by atoms with van der Waals surface area (Å²) in [6, 6.07) is 28.6. The number of ether oxygens (including phenoxy) is 1. The Morgan fingerprint density at radius 1 is 0.867 bits per heavy atom. The second-order valence-corrected chi connectivity index (χ2v) is 12.8. The summed E-state index contributed by atoms with van der Waals surface area (Å²) >= 11 is 6.30. The Balaban J connectivity index is 1.83. The van der Waals surface area contributed by atoms with E-state index in [0.717, 1.165) is 15.4 Å². The number of carbonyl (C=O) groups is 2. The molecule has 0 radical (unpaired) electrons. The highest BCUT2D eigenvalue weighted by Crippen LogP contribution is 2.33. The third kappa shape index (κ3) is 8.65. The molecule has 0 bridgehead atoms. The van der Waals surface area contributed by atoms with Crippen LogP contribution in [0.25, 0.3) is 0 Å². The van der Waals surface area contributed by atoms with Crippen LogP contribution in [0.1, 0.15) is 30.5 Å². The van der Waals surface area contributed by atoms with Crippen LogP contribution in [-0.4, -0.2) is 50.9 Å². The van der Waals surface area contributed by atoms with E-state index in [1.807, 2.05) is 43.3 Å². The van der Waals surface area contributed by atoms with Crippen LogP contribution in [0.5, 0.6) is 5.75 Å². The summed E-state index contributed by atoms with van der Waals surface area (Å²) in [6.45, 7) is 5.57. The number of likely N-dealkylation sites (N-methyl/N-ethyl adjacent to an activating group) is 1. The number of rotatable bonds is 14. The van der Waals surface area contributed by atoms with Crippen molar-refractivity contribution in [2.45, 2.75) is 44.7 Å². The van der Waals surface area contributed by atoms with Crippen molar-refractivity contribution in [2.75, 3.05) is 24.0 Å². The monoisotopic (exact) mass is 647 g/mol. The molecule has 0 heterocycles. The molecule has 0 saturated carbocycles. The van der Waals surface area contributed by atoms with E-state index < -0.39 is 28.5 Å². The SMILES string of the molecule is CCNC(=O)[C@@H](Cc1ccccc1)N(Cc1cccc(Cl)c1)C(=O)CN(c1ccccc1OCC)S(=O)(=O)c1ccc(C)cc1. The Bertz CT molecular complexity index is 1700.